The van der Waals surface area contributed by atoms with Crippen molar-refractivity contribution in [2.45, 2.75) is 29.9 Å². The summed E-state index contributed by atoms with van der Waals surface area (Å²) in [5, 5.41) is 1.01. The van der Waals surface area contributed by atoms with Gasteiger partial charge in [-0.1, -0.05) is 35.5 Å². The van der Waals surface area contributed by atoms with Gasteiger partial charge in [0.2, 0.25) is 5.91 Å². The molecule has 1 amide bonds. The molecule has 0 bridgehead atoms. The van der Waals surface area contributed by atoms with Gasteiger partial charge in [0.1, 0.15) is 0 Å². The van der Waals surface area contributed by atoms with E-state index in [4.69, 9.17) is 17.3 Å². The maximum absolute atomic E-state index is 11.0. The number of nitrogens with zero attached hydrogens (tertiary/aromatic N) is 1. The molecule has 0 aliphatic carbocycles. The van der Waals surface area contributed by atoms with Crippen LogP contribution in [0.5, 0.6) is 0 Å². The van der Waals surface area contributed by atoms with Crippen LogP contribution in [0.2, 0.25) is 5.02 Å². The molecule has 0 aliphatic heterocycles. The molecule has 2 N–H and O–H groups in total. The molecule has 0 radical (unpaired) electrons. The Morgan fingerprint density at radius 3 is 2.70 bits per heavy atom. The highest BCUT2D eigenvalue weighted by molar-refractivity contribution is 8.01. The first-order chi connectivity index (χ1) is 9.45. The first-order valence-corrected chi connectivity index (χ1v) is 8.20. The van der Waals surface area contributed by atoms with Crippen LogP contribution in [-0.2, 0) is 11.2 Å². The molecule has 0 saturated heterocycles. The van der Waals surface area contributed by atoms with Gasteiger partial charge in [-0.15, -0.1) is 11.3 Å². The minimum atomic E-state index is -0.320. The lowest BCUT2D eigenvalue weighted by Gasteiger charge is -2.09. The van der Waals surface area contributed by atoms with Crippen LogP contribution in [0, 0.1) is 6.92 Å². The first kappa shape index (κ1) is 15.4. The van der Waals surface area contributed by atoms with E-state index in [1.165, 1.54) is 16.9 Å². The lowest BCUT2D eigenvalue weighted by atomic mass is 10.2. The quantitative estimate of drug-likeness (QED) is 0.845. The minimum absolute atomic E-state index is 0.263. The molecule has 1 aromatic carbocycles. The lowest BCUT2D eigenvalue weighted by molar-refractivity contribution is -0.117. The second kappa shape index (κ2) is 6.61. The van der Waals surface area contributed by atoms with Crippen molar-refractivity contribution in [2.24, 2.45) is 5.73 Å². The molecule has 0 spiro atoms. The normalized spacial score (nSPS) is 12.3. The van der Waals surface area contributed by atoms with Crippen LogP contribution in [0.3, 0.4) is 0 Å². The number of halogens is 1. The maximum Gasteiger partial charge on any atom is 0.222 e. The predicted octanol–water partition coefficient (Wildman–Crippen LogP) is 3.99. The molecule has 0 saturated carbocycles. The molecular weight excluding hydrogens is 312 g/mol. The highest BCUT2D eigenvalue weighted by atomic mass is 35.5. The first-order valence-electron chi connectivity index (χ1n) is 6.12. The molecular formula is C14H15ClN2OS2. The molecule has 0 fully saturated rings. The number of carbonyl (C=O) groups is 1. The number of nitrogens with two attached hydrogens (primary N) is 1. The van der Waals surface area contributed by atoms with Crippen LogP contribution in [0.4, 0.5) is 0 Å². The summed E-state index contributed by atoms with van der Waals surface area (Å²) in [5.74, 6) is -0.320. The van der Waals surface area contributed by atoms with E-state index >= 15 is 0 Å². The summed E-state index contributed by atoms with van der Waals surface area (Å²) in [5.41, 5.74) is 7.32. The number of aromatic nitrogens is 1. The van der Waals surface area contributed by atoms with Crippen LogP contribution in [0.25, 0.3) is 0 Å². The topological polar surface area (TPSA) is 56.0 Å². The molecule has 106 valence electrons. The lowest BCUT2D eigenvalue weighted by Crippen LogP contribution is -2.13. The summed E-state index contributed by atoms with van der Waals surface area (Å²) >= 11 is 9.10. The van der Waals surface area contributed by atoms with Gasteiger partial charge < -0.3 is 5.73 Å². The molecule has 2 rings (SSSR count). The number of hydrogen-bond acceptors (Lipinski definition) is 4. The van der Waals surface area contributed by atoms with Gasteiger partial charge in [-0.3, -0.25) is 4.79 Å². The SMILES string of the molecule is Cc1nc(SC(C)c2ccc(Cl)cc2)sc1CC(N)=O. The van der Waals surface area contributed by atoms with E-state index < -0.39 is 0 Å². The standard InChI is InChI=1S/C14H15ClN2OS2/c1-8-12(7-13(16)18)20-14(17-8)19-9(2)10-3-5-11(15)6-4-10/h3-6,9H,7H2,1-2H3,(H2,16,18). The fourth-order valence-electron chi connectivity index (χ4n) is 1.73. The van der Waals surface area contributed by atoms with Crippen LogP contribution in [-0.4, -0.2) is 10.9 Å². The third kappa shape index (κ3) is 3.98. The van der Waals surface area contributed by atoms with Crippen LogP contribution < -0.4 is 5.73 Å². The minimum Gasteiger partial charge on any atom is -0.369 e. The van der Waals surface area contributed by atoms with E-state index in [0.29, 0.717) is 0 Å². The Hall–Kier alpha value is -1.04. The van der Waals surface area contributed by atoms with Crippen molar-refractivity contribution in [1.82, 2.24) is 4.98 Å². The smallest absolute Gasteiger partial charge is 0.222 e. The summed E-state index contributed by atoms with van der Waals surface area (Å²) in [6.07, 6.45) is 0.263. The van der Waals surface area contributed by atoms with E-state index in [1.54, 1.807) is 11.8 Å². The van der Waals surface area contributed by atoms with Gasteiger partial charge in [-0.05, 0) is 31.5 Å². The van der Waals surface area contributed by atoms with Gasteiger partial charge in [0.15, 0.2) is 4.34 Å². The van der Waals surface area contributed by atoms with Gasteiger partial charge in [-0.2, -0.15) is 0 Å². The summed E-state index contributed by atoms with van der Waals surface area (Å²) in [6, 6.07) is 7.81. The fraction of sp³-hybridized carbons (Fsp3) is 0.286. The Kier molecular flexibility index (Phi) is 5.07. The second-order valence-corrected chi connectivity index (χ2v) is 7.55. The van der Waals surface area contributed by atoms with Crippen molar-refractivity contribution >= 4 is 40.6 Å². The molecule has 6 heteroatoms. The highest BCUT2D eigenvalue weighted by Gasteiger charge is 2.14. The number of amides is 1. The Balaban J connectivity index is 2.09. The summed E-state index contributed by atoms with van der Waals surface area (Å²) in [7, 11) is 0. The van der Waals surface area contributed by atoms with Crippen LogP contribution in [0.15, 0.2) is 28.6 Å². The number of aryl methyl sites for hydroxylation is 1. The number of hydrogen-bond donors (Lipinski definition) is 1. The molecule has 1 heterocycles. The Labute approximate surface area is 131 Å². The summed E-state index contributed by atoms with van der Waals surface area (Å²) in [4.78, 5) is 16.4. The van der Waals surface area contributed by atoms with Gasteiger partial charge in [0, 0.05) is 15.1 Å². The zero-order valence-corrected chi connectivity index (χ0v) is 13.6. The zero-order valence-electron chi connectivity index (χ0n) is 11.2. The van der Waals surface area contributed by atoms with Crippen molar-refractivity contribution in [3.05, 3.63) is 45.4 Å². The maximum atomic E-state index is 11.0. The molecule has 1 aromatic heterocycles. The molecule has 3 nitrogen and oxygen atoms in total. The van der Waals surface area contributed by atoms with Gasteiger partial charge in [0.05, 0.1) is 12.1 Å². The van der Waals surface area contributed by atoms with E-state index in [0.717, 1.165) is 19.9 Å². The average Bonchev–Trinajstić information content (AvgIpc) is 2.69. The van der Waals surface area contributed by atoms with Gasteiger partial charge >= 0.3 is 0 Å². The third-order valence-electron chi connectivity index (χ3n) is 2.82. The number of thiazole rings is 1. The number of primary amides is 1. The van der Waals surface area contributed by atoms with Crippen LogP contribution >= 0.6 is 34.7 Å². The number of carbonyl (C=O) groups excluding carboxylic acids is 1. The van der Waals surface area contributed by atoms with E-state index in [2.05, 4.69) is 11.9 Å². The van der Waals surface area contributed by atoms with Gasteiger partial charge in [-0.25, -0.2) is 4.98 Å². The number of rotatable bonds is 5. The van der Waals surface area contributed by atoms with Crippen molar-refractivity contribution in [3.8, 4) is 0 Å². The van der Waals surface area contributed by atoms with Crippen molar-refractivity contribution < 1.29 is 4.79 Å². The molecule has 1 atom stereocenters. The van der Waals surface area contributed by atoms with E-state index in [9.17, 15) is 4.79 Å². The number of benzene rings is 1. The van der Waals surface area contributed by atoms with Crippen LogP contribution in [0.1, 0.15) is 28.3 Å². The number of thioether (sulfide) groups is 1. The summed E-state index contributed by atoms with van der Waals surface area (Å²) in [6.45, 7) is 4.03. The van der Waals surface area contributed by atoms with E-state index in [-0.39, 0.29) is 17.6 Å². The molecule has 1 unspecified atom stereocenters. The van der Waals surface area contributed by atoms with Crippen molar-refractivity contribution in [3.63, 3.8) is 0 Å². The molecule has 20 heavy (non-hydrogen) atoms. The molecule has 0 aliphatic rings. The zero-order chi connectivity index (χ0) is 14.7. The largest absolute Gasteiger partial charge is 0.369 e. The Morgan fingerprint density at radius 1 is 1.45 bits per heavy atom. The second-order valence-electron chi connectivity index (χ2n) is 4.44. The molecule has 2 aromatic rings. The predicted molar refractivity (Wildman–Crippen MR) is 85.5 cm³/mol. The third-order valence-corrected chi connectivity index (χ3v) is 5.49. The fourth-order valence-corrected chi connectivity index (χ4v) is 4.37. The summed E-state index contributed by atoms with van der Waals surface area (Å²) < 4.78 is 0.959. The van der Waals surface area contributed by atoms with E-state index in [1.807, 2.05) is 31.2 Å². The Morgan fingerprint density at radius 2 is 2.10 bits per heavy atom. The van der Waals surface area contributed by atoms with Gasteiger partial charge in [0.25, 0.3) is 0 Å². The average molecular weight is 327 g/mol. The van der Waals surface area contributed by atoms with Crippen molar-refractivity contribution in [1.29, 1.82) is 0 Å². The van der Waals surface area contributed by atoms with Crippen molar-refractivity contribution in [2.75, 3.05) is 0 Å². The monoisotopic (exact) mass is 326 g/mol. The highest BCUT2D eigenvalue weighted by Crippen LogP contribution is 2.38. The Bertz CT molecular complexity index is 610.